The van der Waals surface area contributed by atoms with Gasteiger partial charge in [0.15, 0.2) is 0 Å². The van der Waals surface area contributed by atoms with Crippen LogP contribution in [0.4, 0.5) is 11.8 Å². The van der Waals surface area contributed by atoms with Gasteiger partial charge in [-0.3, -0.25) is 0 Å². The van der Waals surface area contributed by atoms with E-state index >= 15 is 0 Å². The Hall–Kier alpha value is -1.32. The summed E-state index contributed by atoms with van der Waals surface area (Å²) in [6, 6.07) is 1.97. The van der Waals surface area contributed by atoms with Gasteiger partial charge < -0.3 is 10.6 Å². The van der Waals surface area contributed by atoms with Crippen LogP contribution < -0.4 is 10.6 Å². The highest BCUT2D eigenvalue weighted by Crippen LogP contribution is 2.09. The fourth-order valence-electron chi connectivity index (χ4n) is 1.29. The van der Waals surface area contributed by atoms with E-state index in [9.17, 15) is 0 Å². The predicted molar refractivity (Wildman–Crippen MR) is 68.9 cm³/mol. The van der Waals surface area contributed by atoms with Crippen molar-refractivity contribution in [2.24, 2.45) is 5.92 Å². The second-order valence-corrected chi connectivity index (χ2v) is 4.42. The lowest BCUT2D eigenvalue weighted by molar-refractivity contribution is 0.684. The van der Waals surface area contributed by atoms with Crippen LogP contribution >= 0.6 is 0 Å². The highest BCUT2D eigenvalue weighted by Gasteiger charge is 2.02. The summed E-state index contributed by atoms with van der Waals surface area (Å²) in [4.78, 5) is 8.76. The van der Waals surface area contributed by atoms with E-state index in [2.05, 4.69) is 41.4 Å². The Balaban J connectivity index is 2.65. The van der Waals surface area contributed by atoms with Crippen LogP contribution in [0.3, 0.4) is 0 Å². The molecule has 0 saturated carbocycles. The van der Waals surface area contributed by atoms with E-state index in [0.717, 1.165) is 31.0 Å². The van der Waals surface area contributed by atoms with Crippen molar-refractivity contribution in [3.8, 4) is 0 Å². The van der Waals surface area contributed by atoms with Gasteiger partial charge in [0.05, 0.1) is 0 Å². The molecule has 0 radical (unpaired) electrons. The second-order valence-electron chi connectivity index (χ2n) is 4.42. The summed E-state index contributed by atoms with van der Waals surface area (Å²) in [5.74, 6) is 2.21. The van der Waals surface area contributed by atoms with E-state index in [-0.39, 0.29) is 0 Å². The first-order valence-corrected chi connectivity index (χ1v) is 5.95. The fourth-order valence-corrected chi connectivity index (χ4v) is 1.29. The minimum absolute atomic E-state index is 0.594. The third-order valence-corrected chi connectivity index (χ3v) is 2.08. The molecular formula is C12H22N4. The Labute approximate surface area is 97.9 Å². The zero-order valence-corrected chi connectivity index (χ0v) is 10.7. The van der Waals surface area contributed by atoms with Gasteiger partial charge in [-0.25, -0.2) is 4.98 Å². The van der Waals surface area contributed by atoms with Crippen LogP contribution in [-0.4, -0.2) is 23.1 Å². The summed E-state index contributed by atoms with van der Waals surface area (Å²) >= 11 is 0. The van der Waals surface area contributed by atoms with Gasteiger partial charge in [0.25, 0.3) is 0 Å². The third-order valence-electron chi connectivity index (χ3n) is 2.08. The van der Waals surface area contributed by atoms with E-state index < -0.39 is 0 Å². The summed E-state index contributed by atoms with van der Waals surface area (Å²) in [5, 5.41) is 6.51. The number of anilines is 2. The van der Waals surface area contributed by atoms with Gasteiger partial charge >= 0.3 is 0 Å². The standard InChI is InChI=1S/C12H22N4/c1-5-6-13-11-7-10(4)15-12(16-11)14-8-9(2)3/h7,9H,5-6,8H2,1-4H3,(H2,13,14,15,16). The van der Waals surface area contributed by atoms with Crippen molar-refractivity contribution < 1.29 is 0 Å². The molecule has 4 heteroatoms. The maximum absolute atomic E-state index is 4.41. The number of rotatable bonds is 6. The molecule has 4 nitrogen and oxygen atoms in total. The zero-order valence-electron chi connectivity index (χ0n) is 10.7. The minimum Gasteiger partial charge on any atom is -0.370 e. The van der Waals surface area contributed by atoms with Crippen molar-refractivity contribution in [3.63, 3.8) is 0 Å². The number of hydrogen-bond donors (Lipinski definition) is 2. The van der Waals surface area contributed by atoms with Crippen LogP contribution in [0, 0.1) is 12.8 Å². The summed E-state index contributed by atoms with van der Waals surface area (Å²) in [5.41, 5.74) is 0.986. The Morgan fingerprint density at radius 1 is 1.25 bits per heavy atom. The molecule has 1 heterocycles. The van der Waals surface area contributed by atoms with E-state index in [0.29, 0.717) is 11.9 Å². The molecule has 0 fully saturated rings. The van der Waals surface area contributed by atoms with E-state index in [1.807, 2.05) is 13.0 Å². The highest BCUT2D eigenvalue weighted by molar-refractivity contribution is 5.42. The van der Waals surface area contributed by atoms with Crippen LogP contribution in [0.5, 0.6) is 0 Å². The molecule has 0 atom stereocenters. The van der Waals surface area contributed by atoms with Gasteiger partial charge in [0.2, 0.25) is 5.95 Å². The van der Waals surface area contributed by atoms with Crippen LogP contribution in [-0.2, 0) is 0 Å². The summed E-state index contributed by atoms with van der Waals surface area (Å²) in [6.07, 6.45) is 1.10. The van der Waals surface area contributed by atoms with Crippen molar-refractivity contribution in [2.45, 2.75) is 34.1 Å². The Morgan fingerprint density at radius 3 is 2.62 bits per heavy atom. The predicted octanol–water partition coefficient (Wildman–Crippen LogP) is 2.67. The molecule has 0 aromatic carbocycles. The van der Waals surface area contributed by atoms with Crippen LogP contribution in [0.2, 0.25) is 0 Å². The van der Waals surface area contributed by atoms with E-state index in [1.165, 1.54) is 0 Å². The quantitative estimate of drug-likeness (QED) is 0.777. The van der Waals surface area contributed by atoms with Crippen molar-refractivity contribution in [2.75, 3.05) is 23.7 Å². The van der Waals surface area contributed by atoms with Gasteiger partial charge in [-0.1, -0.05) is 20.8 Å². The minimum atomic E-state index is 0.594. The number of nitrogens with one attached hydrogen (secondary N) is 2. The number of hydrogen-bond acceptors (Lipinski definition) is 4. The molecule has 0 aliphatic heterocycles. The van der Waals surface area contributed by atoms with Crippen molar-refractivity contribution >= 4 is 11.8 Å². The molecule has 0 amide bonds. The molecule has 0 saturated heterocycles. The number of aryl methyl sites for hydroxylation is 1. The van der Waals surface area contributed by atoms with Gasteiger partial charge in [-0.15, -0.1) is 0 Å². The van der Waals surface area contributed by atoms with E-state index in [4.69, 9.17) is 0 Å². The topological polar surface area (TPSA) is 49.8 Å². The van der Waals surface area contributed by atoms with Crippen LogP contribution in [0.25, 0.3) is 0 Å². The molecule has 0 aliphatic rings. The molecule has 2 N–H and O–H groups in total. The SMILES string of the molecule is CCCNc1cc(C)nc(NCC(C)C)n1. The molecule has 1 aromatic rings. The maximum Gasteiger partial charge on any atom is 0.224 e. The smallest absolute Gasteiger partial charge is 0.224 e. The lowest BCUT2D eigenvalue weighted by Crippen LogP contribution is -2.12. The Kier molecular flexibility index (Phi) is 5.02. The molecule has 0 unspecified atom stereocenters. The lowest BCUT2D eigenvalue weighted by atomic mass is 10.2. The first-order valence-electron chi connectivity index (χ1n) is 5.95. The largest absolute Gasteiger partial charge is 0.370 e. The average molecular weight is 222 g/mol. The number of aromatic nitrogens is 2. The fraction of sp³-hybridized carbons (Fsp3) is 0.667. The van der Waals surface area contributed by atoms with Crippen LogP contribution in [0.1, 0.15) is 32.9 Å². The normalized spacial score (nSPS) is 10.6. The summed E-state index contributed by atoms with van der Waals surface area (Å²) in [7, 11) is 0. The van der Waals surface area contributed by atoms with Gasteiger partial charge in [-0.2, -0.15) is 4.98 Å². The van der Waals surface area contributed by atoms with Crippen LogP contribution in [0.15, 0.2) is 6.07 Å². The highest BCUT2D eigenvalue weighted by atomic mass is 15.1. The van der Waals surface area contributed by atoms with Crippen molar-refractivity contribution in [1.29, 1.82) is 0 Å². The molecule has 0 bridgehead atoms. The average Bonchev–Trinajstić information content (AvgIpc) is 2.23. The molecule has 0 aliphatic carbocycles. The van der Waals surface area contributed by atoms with Gasteiger partial charge in [0, 0.05) is 24.8 Å². The molecule has 16 heavy (non-hydrogen) atoms. The van der Waals surface area contributed by atoms with Crippen molar-refractivity contribution in [1.82, 2.24) is 9.97 Å². The zero-order chi connectivity index (χ0) is 12.0. The van der Waals surface area contributed by atoms with Gasteiger partial charge in [-0.05, 0) is 19.3 Å². The molecule has 90 valence electrons. The third kappa shape index (κ3) is 4.47. The first-order chi connectivity index (χ1) is 7.61. The summed E-state index contributed by atoms with van der Waals surface area (Å²) < 4.78 is 0. The monoisotopic (exact) mass is 222 g/mol. The van der Waals surface area contributed by atoms with Gasteiger partial charge in [0.1, 0.15) is 5.82 Å². The molecule has 1 aromatic heterocycles. The van der Waals surface area contributed by atoms with Crippen molar-refractivity contribution in [3.05, 3.63) is 11.8 Å². The second kappa shape index (κ2) is 6.30. The molecule has 1 rings (SSSR count). The van der Waals surface area contributed by atoms with E-state index in [1.54, 1.807) is 0 Å². The Bertz CT molecular complexity index is 323. The lowest BCUT2D eigenvalue weighted by Gasteiger charge is -2.10. The molecular weight excluding hydrogens is 200 g/mol. The Morgan fingerprint density at radius 2 is 2.00 bits per heavy atom. The maximum atomic E-state index is 4.41. The summed E-state index contributed by atoms with van der Waals surface area (Å²) in [6.45, 7) is 10.3. The first kappa shape index (κ1) is 12.7. The number of nitrogens with zero attached hydrogens (tertiary/aromatic N) is 2. The molecule has 0 spiro atoms.